The lowest BCUT2D eigenvalue weighted by Crippen LogP contribution is -1.96. The summed E-state index contributed by atoms with van der Waals surface area (Å²) in [7, 11) is 0. The van der Waals surface area contributed by atoms with Crippen LogP contribution in [0.3, 0.4) is 0 Å². The van der Waals surface area contributed by atoms with Gasteiger partial charge in [-0.2, -0.15) is 0 Å². The molecule has 0 aromatic heterocycles. The summed E-state index contributed by atoms with van der Waals surface area (Å²) in [4.78, 5) is 0. The van der Waals surface area contributed by atoms with Crippen LogP contribution in [0, 0.1) is 0 Å². The van der Waals surface area contributed by atoms with E-state index in [-0.39, 0.29) is 0 Å². The lowest BCUT2D eigenvalue weighted by Gasteiger charge is -2.11. The molecule has 0 aliphatic carbocycles. The van der Waals surface area contributed by atoms with Crippen LogP contribution < -0.4 is 10.5 Å². The van der Waals surface area contributed by atoms with E-state index in [0.717, 1.165) is 19.2 Å². The molecule has 1 rings (SSSR count). The molecule has 0 amide bonds. The molecule has 2 N–H and O–H groups in total. The fourth-order valence-electron chi connectivity index (χ4n) is 0.873. The summed E-state index contributed by atoms with van der Waals surface area (Å²) in [5.74, 6) is 0.767. The Kier molecular flexibility index (Phi) is 4.06. The number of ether oxygens (including phenoxy) is 1. The van der Waals surface area contributed by atoms with Gasteiger partial charge in [0.15, 0.2) is 0 Å². The molecule has 0 fully saturated rings. The zero-order chi connectivity index (χ0) is 10.0. The molecular weight excluding hydrogens is 366 g/mol. The Hall–Kier alpha value is 0.260. The molecule has 13 heavy (non-hydrogen) atoms. The lowest BCUT2D eigenvalue weighted by atomic mass is 10.3. The van der Waals surface area contributed by atoms with Gasteiger partial charge in [0.1, 0.15) is 5.75 Å². The van der Waals surface area contributed by atoms with Crippen molar-refractivity contribution in [3.8, 4) is 5.75 Å². The highest BCUT2D eigenvalue weighted by Crippen LogP contribution is 2.42. The standard InChI is InChI=1S/C8H8Br3NO/c1-2-13-8-4(9)3-5(12)6(10)7(8)11/h3H,2,12H2,1H3. The summed E-state index contributed by atoms with van der Waals surface area (Å²) >= 11 is 10.1. The van der Waals surface area contributed by atoms with E-state index in [2.05, 4.69) is 47.8 Å². The van der Waals surface area contributed by atoms with Crippen LogP contribution in [-0.4, -0.2) is 6.61 Å². The van der Waals surface area contributed by atoms with Crippen LogP contribution in [-0.2, 0) is 0 Å². The van der Waals surface area contributed by atoms with Crippen LogP contribution in [0.5, 0.6) is 5.75 Å². The predicted octanol–water partition coefficient (Wildman–Crippen LogP) is 3.96. The van der Waals surface area contributed by atoms with E-state index in [1.165, 1.54) is 0 Å². The molecule has 5 heteroatoms. The largest absolute Gasteiger partial charge is 0.491 e. The van der Waals surface area contributed by atoms with Crippen LogP contribution in [0.25, 0.3) is 0 Å². The number of anilines is 1. The molecule has 0 radical (unpaired) electrons. The molecule has 0 aliphatic rings. The molecule has 0 aliphatic heterocycles. The Morgan fingerprint density at radius 1 is 1.31 bits per heavy atom. The predicted molar refractivity (Wildman–Crippen MR) is 65.1 cm³/mol. The van der Waals surface area contributed by atoms with Gasteiger partial charge in [0.25, 0.3) is 0 Å². The van der Waals surface area contributed by atoms with E-state index in [4.69, 9.17) is 10.5 Å². The Morgan fingerprint density at radius 2 is 1.92 bits per heavy atom. The normalized spacial score (nSPS) is 10.2. The number of nitrogen functional groups attached to an aromatic ring is 1. The average Bonchev–Trinajstić information content (AvgIpc) is 2.09. The van der Waals surface area contributed by atoms with Crippen molar-refractivity contribution in [1.29, 1.82) is 0 Å². The first-order valence-electron chi connectivity index (χ1n) is 3.63. The van der Waals surface area contributed by atoms with Gasteiger partial charge in [-0.15, -0.1) is 0 Å². The van der Waals surface area contributed by atoms with Gasteiger partial charge in [0.05, 0.1) is 20.0 Å². The zero-order valence-corrected chi connectivity index (χ0v) is 11.7. The minimum absolute atomic E-state index is 0.619. The highest BCUT2D eigenvalue weighted by molar-refractivity contribution is 9.13. The number of nitrogens with two attached hydrogens (primary N) is 1. The third-order valence-electron chi connectivity index (χ3n) is 1.43. The summed E-state index contributed by atoms with van der Waals surface area (Å²) in [5.41, 5.74) is 6.39. The molecule has 0 saturated carbocycles. The van der Waals surface area contributed by atoms with E-state index in [1.807, 2.05) is 6.92 Å². The van der Waals surface area contributed by atoms with Crippen LogP contribution in [0.15, 0.2) is 19.5 Å². The molecule has 0 atom stereocenters. The van der Waals surface area contributed by atoms with Gasteiger partial charge in [-0.25, -0.2) is 0 Å². The van der Waals surface area contributed by atoms with Gasteiger partial charge in [0, 0.05) is 5.69 Å². The van der Waals surface area contributed by atoms with E-state index in [0.29, 0.717) is 12.3 Å². The van der Waals surface area contributed by atoms with Gasteiger partial charge in [-0.05, 0) is 60.8 Å². The molecule has 1 aromatic carbocycles. The number of benzene rings is 1. The smallest absolute Gasteiger partial charge is 0.148 e. The van der Waals surface area contributed by atoms with Gasteiger partial charge in [-0.3, -0.25) is 0 Å². The first-order chi connectivity index (χ1) is 6.07. The van der Waals surface area contributed by atoms with Crippen molar-refractivity contribution in [1.82, 2.24) is 0 Å². The summed E-state index contributed by atoms with van der Waals surface area (Å²) in [6.45, 7) is 2.55. The topological polar surface area (TPSA) is 35.2 Å². The van der Waals surface area contributed by atoms with Crippen molar-refractivity contribution in [2.75, 3.05) is 12.3 Å². The van der Waals surface area contributed by atoms with Gasteiger partial charge < -0.3 is 10.5 Å². The third-order valence-corrected chi connectivity index (χ3v) is 4.17. The van der Waals surface area contributed by atoms with Crippen molar-refractivity contribution in [2.45, 2.75) is 6.92 Å². The Balaban J connectivity index is 3.26. The molecule has 2 nitrogen and oxygen atoms in total. The van der Waals surface area contributed by atoms with E-state index >= 15 is 0 Å². The maximum atomic E-state index is 5.72. The molecule has 0 heterocycles. The van der Waals surface area contributed by atoms with Crippen molar-refractivity contribution < 1.29 is 4.74 Å². The van der Waals surface area contributed by atoms with Crippen molar-refractivity contribution in [2.24, 2.45) is 0 Å². The molecule has 72 valence electrons. The van der Waals surface area contributed by atoms with Crippen LogP contribution >= 0.6 is 47.8 Å². The Labute approximate surface area is 102 Å². The van der Waals surface area contributed by atoms with E-state index in [9.17, 15) is 0 Å². The second-order valence-electron chi connectivity index (χ2n) is 2.34. The monoisotopic (exact) mass is 371 g/mol. The van der Waals surface area contributed by atoms with Crippen molar-refractivity contribution in [3.63, 3.8) is 0 Å². The molecule has 0 saturated heterocycles. The minimum Gasteiger partial charge on any atom is -0.491 e. The number of hydrogen-bond donors (Lipinski definition) is 1. The average molecular weight is 374 g/mol. The van der Waals surface area contributed by atoms with Gasteiger partial charge in [-0.1, -0.05) is 0 Å². The first kappa shape index (κ1) is 11.3. The van der Waals surface area contributed by atoms with Crippen LogP contribution in [0.2, 0.25) is 0 Å². The molecule has 0 bridgehead atoms. The summed E-state index contributed by atoms with van der Waals surface area (Å²) < 4.78 is 7.93. The maximum Gasteiger partial charge on any atom is 0.148 e. The SMILES string of the molecule is CCOc1c(Br)cc(N)c(Br)c1Br. The number of rotatable bonds is 2. The third kappa shape index (κ3) is 2.39. The quantitative estimate of drug-likeness (QED) is 0.629. The van der Waals surface area contributed by atoms with Crippen molar-refractivity contribution >= 4 is 53.5 Å². The zero-order valence-electron chi connectivity index (χ0n) is 6.90. The molecule has 0 unspecified atom stereocenters. The molecule has 0 spiro atoms. The van der Waals surface area contributed by atoms with Crippen molar-refractivity contribution in [3.05, 3.63) is 19.5 Å². The van der Waals surface area contributed by atoms with Crippen LogP contribution in [0.4, 0.5) is 5.69 Å². The minimum atomic E-state index is 0.619. The lowest BCUT2D eigenvalue weighted by molar-refractivity contribution is 0.336. The second-order valence-corrected chi connectivity index (χ2v) is 4.78. The highest BCUT2D eigenvalue weighted by Gasteiger charge is 2.12. The highest BCUT2D eigenvalue weighted by atomic mass is 79.9. The Morgan fingerprint density at radius 3 is 2.46 bits per heavy atom. The van der Waals surface area contributed by atoms with Crippen LogP contribution in [0.1, 0.15) is 6.92 Å². The molecular formula is C8H8Br3NO. The van der Waals surface area contributed by atoms with Gasteiger partial charge >= 0.3 is 0 Å². The fraction of sp³-hybridized carbons (Fsp3) is 0.250. The summed E-state index contributed by atoms with van der Waals surface area (Å²) in [6, 6.07) is 1.81. The summed E-state index contributed by atoms with van der Waals surface area (Å²) in [6.07, 6.45) is 0. The molecule has 1 aromatic rings. The van der Waals surface area contributed by atoms with Gasteiger partial charge in [0.2, 0.25) is 0 Å². The van der Waals surface area contributed by atoms with E-state index < -0.39 is 0 Å². The first-order valence-corrected chi connectivity index (χ1v) is 6.01. The second kappa shape index (κ2) is 4.66. The maximum absolute atomic E-state index is 5.72. The number of hydrogen-bond acceptors (Lipinski definition) is 2. The van der Waals surface area contributed by atoms with E-state index in [1.54, 1.807) is 6.07 Å². The Bertz CT molecular complexity index is 328. The number of halogens is 3. The summed E-state index contributed by atoms with van der Waals surface area (Å²) in [5, 5.41) is 0. The fourth-order valence-corrected chi connectivity index (χ4v) is 2.55.